The van der Waals surface area contributed by atoms with Gasteiger partial charge in [-0.15, -0.1) is 0 Å². The molecule has 0 N–H and O–H groups in total. The highest BCUT2D eigenvalue weighted by atomic mass is 32.1. The topological polar surface area (TPSA) is 0 Å². The number of hydrogen-bond donors (Lipinski definition) is 0. The summed E-state index contributed by atoms with van der Waals surface area (Å²) in [6, 6.07) is 4.91. The standard InChI is InChI=1S/C9H9FS/c1-6-5-8(7(2)11)3-4-9(6)10/h3-5H,1-2H3. The van der Waals surface area contributed by atoms with Crippen molar-refractivity contribution in [3.05, 3.63) is 35.1 Å². The Hall–Kier alpha value is -0.760. The Morgan fingerprint density at radius 1 is 1.45 bits per heavy atom. The molecule has 0 aliphatic rings. The van der Waals surface area contributed by atoms with Gasteiger partial charge in [0.05, 0.1) is 0 Å². The van der Waals surface area contributed by atoms with Crippen molar-refractivity contribution in [1.82, 2.24) is 0 Å². The number of halogens is 1. The predicted molar refractivity (Wildman–Crippen MR) is 48.5 cm³/mol. The van der Waals surface area contributed by atoms with Gasteiger partial charge in [0, 0.05) is 4.86 Å². The second-order valence-corrected chi connectivity index (χ2v) is 3.13. The average molecular weight is 168 g/mol. The summed E-state index contributed by atoms with van der Waals surface area (Å²) in [7, 11) is 0. The van der Waals surface area contributed by atoms with E-state index >= 15 is 0 Å². The summed E-state index contributed by atoms with van der Waals surface area (Å²) >= 11 is 4.94. The molecule has 0 fully saturated rings. The molecule has 0 atom stereocenters. The van der Waals surface area contributed by atoms with E-state index in [0.717, 1.165) is 10.4 Å². The van der Waals surface area contributed by atoms with Crippen LogP contribution in [0.5, 0.6) is 0 Å². The van der Waals surface area contributed by atoms with Crippen LogP contribution < -0.4 is 0 Å². The molecule has 1 rings (SSSR count). The molecule has 0 bridgehead atoms. The van der Waals surface area contributed by atoms with Crippen LogP contribution >= 0.6 is 12.2 Å². The van der Waals surface area contributed by atoms with Gasteiger partial charge in [0.25, 0.3) is 0 Å². The van der Waals surface area contributed by atoms with E-state index in [4.69, 9.17) is 12.2 Å². The minimum atomic E-state index is -0.176. The molecule has 0 aliphatic carbocycles. The molecule has 0 heterocycles. The van der Waals surface area contributed by atoms with Crippen molar-refractivity contribution < 1.29 is 4.39 Å². The zero-order chi connectivity index (χ0) is 8.43. The summed E-state index contributed by atoms with van der Waals surface area (Å²) in [4.78, 5) is 0.799. The molecule has 1 aromatic carbocycles. The van der Waals surface area contributed by atoms with Gasteiger partial charge in [-0.2, -0.15) is 0 Å². The minimum Gasteiger partial charge on any atom is -0.207 e. The van der Waals surface area contributed by atoms with Gasteiger partial charge < -0.3 is 0 Å². The van der Waals surface area contributed by atoms with Crippen LogP contribution in [0.1, 0.15) is 18.1 Å². The number of rotatable bonds is 1. The van der Waals surface area contributed by atoms with Crippen LogP contribution in [0.15, 0.2) is 18.2 Å². The van der Waals surface area contributed by atoms with Crippen LogP contribution in [0.3, 0.4) is 0 Å². The third-order valence-corrected chi connectivity index (χ3v) is 1.80. The SMILES string of the molecule is CC(=S)c1ccc(F)c(C)c1. The van der Waals surface area contributed by atoms with Crippen molar-refractivity contribution in [2.75, 3.05) is 0 Å². The quantitative estimate of drug-likeness (QED) is 0.459. The summed E-state index contributed by atoms with van der Waals surface area (Å²) < 4.78 is 12.7. The van der Waals surface area contributed by atoms with E-state index in [2.05, 4.69) is 0 Å². The van der Waals surface area contributed by atoms with E-state index in [1.807, 2.05) is 6.92 Å². The molecule has 0 saturated carbocycles. The van der Waals surface area contributed by atoms with Crippen molar-refractivity contribution >= 4 is 17.1 Å². The fourth-order valence-electron chi connectivity index (χ4n) is 0.864. The predicted octanol–water partition coefficient (Wildman–Crippen LogP) is 2.87. The Kier molecular flexibility index (Phi) is 2.35. The summed E-state index contributed by atoms with van der Waals surface area (Å²) in [6.07, 6.45) is 0. The van der Waals surface area contributed by atoms with E-state index < -0.39 is 0 Å². The lowest BCUT2D eigenvalue weighted by molar-refractivity contribution is 0.618. The first-order valence-electron chi connectivity index (χ1n) is 3.38. The third-order valence-electron chi connectivity index (χ3n) is 1.56. The fourth-order valence-corrected chi connectivity index (χ4v) is 0.991. The van der Waals surface area contributed by atoms with Gasteiger partial charge in [0.15, 0.2) is 0 Å². The molecular formula is C9H9FS. The summed E-state index contributed by atoms with van der Waals surface area (Å²) in [5.74, 6) is -0.176. The van der Waals surface area contributed by atoms with E-state index in [1.165, 1.54) is 6.07 Å². The normalized spacial score (nSPS) is 9.73. The summed E-state index contributed by atoms with van der Waals surface area (Å²) in [5.41, 5.74) is 1.57. The highest BCUT2D eigenvalue weighted by Gasteiger charge is 1.99. The lowest BCUT2D eigenvalue weighted by Crippen LogP contribution is -1.92. The monoisotopic (exact) mass is 168 g/mol. The summed E-state index contributed by atoms with van der Waals surface area (Å²) in [6.45, 7) is 3.57. The van der Waals surface area contributed by atoms with Crippen molar-refractivity contribution in [1.29, 1.82) is 0 Å². The van der Waals surface area contributed by atoms with Crippen molar-refractivity contribution in [2.24, 2.45) is 0 Å². The maximum atomic E-state index is 12.7. The Morgan fingerprint density at radius 3 is 2.55 bits per heavy atom. The molecule has 0 spiro atoms. The van der Waals surface area contributed by atoms with Crippen molar-refractivity contribution in [3.63, 3.8) is 0 Å². The second kappa shape index (κ2) is 3.09. The van der Waals surface area contributed by atoms with Crippen LogP contribution in [0.2, 0.25) is 0 Å². The molecule has 0 nitrogen and oxygen atoms in total. The number of hydrogen-bond acceptors (Lipinski definition) is 1. The van der Waals surface area contributed by atoms with Crippen LogP contribution in [0, 0.1) is 12.7 Å². The number of thiocarbonyl (C=S) groups is 1. The summed E-state index contributed by atoms with van der Waals surface area (Å²) in [5, 5.41) is 0. The molecule has 11 heavy (non-hydrogen) atoms. The van der Waals surface area contributed by atoms with Gasteiger partial charge in [0.2, 0.25) is 0 Å². The van der Waals surface area contributed by atoms with Crippen LogP contribution in [0.4, 0.5) is 4.39 Å². The lowest BCUT2D eigenvalue weighted by atomic mass is 10.1. The van der Waals surface area contributed by atoms with Crippen LogP contribution in [-0.2, 0) is 0 Å². The average Bonchev–Trinajstić information content (AvgIpc) is 1.94. The lowest BCUT2D eigenvalue weighted by Gasteiger charge is -1.99. The molecular weight excluding hydrogens is 159 g/mol. The van der Waals surface area contributed by atoms with Gasteiger partial charge in [-0.3, -0.25) is 0 Å². The number of benzene rings is 1. The zero-order valence-electron chi connectivity index (χ0n) is 6.52. The first-order chi connectivity index (χ1) is 5.11. The van der Waals surface area contributed by atoms with Gasteiger partial charge in [-0.1, -0.05) is 18.3 Å². The Bertz CT molecular complexity index is 292. The molecule has 0 radical (unpaired) electrons. The smallest absolute Gasteiger partial charge is 0.126 e. The number of aryl methyl sites for hydroxylation is 1. The fraction of sp³-hybridized carbons (Fsp3) is 0.222. The molecule has 0 unspecified atom stereocenters. The largest absolute Gasteiger partial charge is 0.207 e. The third kappa shape index (κ3) is 1.84. The van der Waals surface area contributed by atoms with Gasteiger partial charge in [-0.05, 0) is 37.1 Å². The van der Waals surface area contributed by atoms with Crippen LogP contribution in [-0.4, -0.2) is 4.86 Å². The second-order valence-electron chi connectivity index (χ2n) is 2.52. The Labute approximate surface area is 71.1 Å². The highest BCUT2D eigenvalue weighted by molar-refractivity contribution is 7.80. The zero-order valence-corrected chi connectivity index (χ0v) is 7.33. The van der Waals surface area contributed by atoms with Crippen molar-refractivity contribution in [2.45, 2.75) is 13.8 Å². The van der Waals surface area contributed by atoms with Gasteiger partial charge >= 0.3 is 0 Å². The minimum absolute atomic E-state index is 0.176. The Morgan fingerprint density at radius 2 is 2.09 bits per heavy atom. The molecule has 0 aliphatic heterocycles. The molecule has 0 saturated heterocycles. The maximum absolute atomic E-state index is 12.7. The maximum Gasteiger partial charge on any atom is 0.126 e. The highest BCUT2D eigenvalue weighted by Crippen LogP contribution is 2.09. The molecule has 0 amide bonds. The molecule has 58 valence electrons. The van der Waals surface area contributed by atoms with Gasteiger partial charge in [0.1, 0.15) is 5.82 Å². The van der Waals surface area contributed by atoms with E-state index in [9.17, 15) is 4.39 Å². The van der Waals surface area contributed by atoms with Crippen LogP contribution in [0.25, 0.3) is 0 Å². The van der Waals surface area contributed by atoms with E-state index in [-0.39, 0.29) is 5.82 Å². The van der Waals surface area contributed by atoms with E-state index in [1.54, 1.807) is 19.1 Å². The van der Waals surface area contributed by atoms with Crippen molar-refractivity contribution in [3.8, 4) is 0 Å². The van der Waals surface area contributed by atoms with Gasteiger partial charge in [-0.25, -0.2) is 4.39 Å². The first kappa shape index (κ1) is 8.34. The molecule has 1 aromatic rings. The Balaban J connectivity index is 3.15. The first-order valence-corrected chi connectivity index (χ1v) is 3.79. The molecule has 2 heteroatoms. The van der Waals surface area contributed by atoms with E-state index in [0.29, 0.717) is 5.56 Å². The molecule has 0 aromatic heterocycles.